The lowest BCUT2D eigenvalue weighted by Gasteiger charge is -2.38. The van der Waals surface area contributed by atoms with Crippen LogP contribution in [-0.4, -0.2) is 123 Å². The predicted molar refractivity (Wildman–Crippen MR) is 223 cm³/mol. The van der Waals surface area contributed by atoms with Gasteiger partial charge in [-0.2, -0.15) is 0 Å². The molecule has 306 valence electrons. The molecule has 0 amide bonds. The first-order chi connectivity index (χ1) is 27.5. The fraction of sp³-hybridized carbons (Fsp3) is 0.488. The van der Waals surface area contributed by atoms with Gasteiger partial charge in [-0.15, -0.1) is 12.4 Å². The third kappa shape index (κ3) is 9.38. The van der Waals surface area contributed by atoms with Gasteiger partial charge in [0.15, 0.2) is 11.6 Å². The molecule has 4 fully saturated rings. The molecule has 4 saturated heterocycles. The average molecular weight is 815 g/mol. The van der Waals surface area contributed by atoms with Crippen LogP contribution >= 0.6 is 12.4 Å². The monoisotopic (exact) mass is 814 g/mol. The molecule has 0 spiro atoms. The molecular weight excluding hydrogens is 766 g/mol. The fourth-order valence-electron chi connectivity index (χ4n) is 8.58. The molecule has 4 aliphatic heterocycles. The van der Waals surface area contributed by atoms with E-state index >= 15 is 0 Å². The van der Waals surface area contributed by atoms with E-state index in [1.165, 1.54) is 0 Å². The summed E-state index contributed by atoms with van der Waals surface area (Å²) in [5.41, 5.74) is 4.23. The summed E-state index contributed by atoms with van der Waals surface area (Å²) in [7, 11) is 1.88. The number of Topliss-reactive ketones (excluding diaryl/α,β-unsaturated/α-hetero) is 2. The van der Waals surface area contributed by atoms with Crippen LogP contribution in [0.2, 0.25) is 0 Å². The topological polar surface area (TPSA) is 109 Å². The summed E-state index contributed by atoms with van der Waals surface area (Å²) in [6.45, 7) is 22.6. The molecule has 15 heteroatoms. The molecule has 2 aromatic carbocycles. The van der Waals surface area contributed by atoms with Crippen molar-refractivity contribution in [3.8, 4) is 0 Å². The van der Waals surface area contributed by atoms with E-state index in [0.29, 0.717) is 74.8 Å². The van der Waals surface area contributed by atoms with Crippen molar-refractivity contribution >= 4 is 68.5 Å². The van der Waals surface area contributed by atoms with E-state index in [2.05, 4.69) is 34.8 Å². The lowest BCUT2D eigenvalue weighted by atomic mass is 9.96. The number of aromatic nitrogens is 2. The van der Waals surface area contributed by atoms with Crippen LogP contribution in [0.5, 0.6) is 0 Å². The molecule has 0 radical (unpaired) electrons. The maximum absolute atomic E-state index is 14.2. The molecule has 4 aromatic rings. The summed E-state index contributed by atoms with van der Waals surface area (Å²) in [6.07, 6.45) is 0.408. The molecule has 6 heterocycles. The summed E-state index contributed by atoms with van der Waals surface area (Å²) < 4.78 is 39.9. The Morgan fingerprint density at radius 1 is 0.724 bits per heavy atom. The van der Waals surface area contributed by atoms with Crippen molar-refractivity contribution in [3.63, 3.8) is 0 Å². The second-order valence-corrected chi connectivity index (χ2v) is 15.7. The van der Waals surface area contributed by atoms with Crippen LogP contribution in [0.25, 0.3) is 31.5 Å². The number of pyridine rings is 2. The van der Waals surface area contributed by atoms with Gasteiger partial charge in [-0.3, -0.25) is 19.6 Å². The zero-order valence-corrected chi connectivity index (χ0v) is 33.7. The lowest BCUT2D eigenvalue weighted by Crippen LogP contribution is -2.50. The van der Waals surface area contributed by atoms with E-state index in [1.807, 2.05) is 62.2 Å². The molecule has 12 nitrogen and oxygen atoms in total. The van der Waals surface area contributed by atoms with Gasteiger partial charge in [0.2, 0.25) is 11.4 Å². The first-order valence-electron chi connectivity index (χ1n) is 19.6. The van der Waals surface area contributed by atoms with Crippen molar-refractivity contribution < 1.29 is 27.8 Å². The zero-order chi connectivity index (χ0) is 40.2. The van der Waals surface area contributed by atoms with Crippen LogP contribution in [0.1, 0.15) is 26.7 Å². The number of alkyl halides is 2. The molecule has 58 heavy (non-hydrogen) atoms. The molecule has 0 bridgehead atoms. The summed E-state index contributed by atoms with van der Waals surface area (Å²) in [5.74, 6) is -0.618. The van der Waals surface area contributed by atoms with Gasteiger partial charge in [0.05, 0.1) is 49.5 Å². The third-order valence-electron chi connectivity index (χ3n) is 11.3. The molecule has 0 unspecified atom stereocenters. The number of fused-ring (bicyclic) bond motifs is 2. The number of hydrogen-bond acceptors (Lipinski definition) is 10. The van der Waals surface area contributed by atoms with Crippen molar-refractivity contribution in [2.75, 3.05) is 69.2 Å². The van der Waals surface area contributed by atoms with Gasteiger partial charge in [0.1, 0.15) is 24.6 Å². The highest BCUT2D eigenvalue weighted by Gasteiger charge is 2.38. The Balaban J connectivity index is 0.000000192. The number of rotatable bonds is 8. The number of carbonyl (C=O) groups excluding carboxylic acids is 2. The Kier molecular flexibility index (Phi) is 13.9. The van der Waals surface area contributed by atoms with Crippen LogP contribution in [-0.2, 0) is 19.1 Å². The minimum atomic E-state index is -0.975. The second kappa shape index (κ2) is 18.8. The van der Waals surface area contributed by atoms with E-state index in [4.69, 9.17) is 22.6 Å². The number of ketones is 2. The molecule has 0 aliphatic carbocycles. The molecule has 8 atom stereocenters. The summed E-state index contributed by atoms with van der Waals surface area (Å²) in [5, 5.41) is 4.78. The van der Waals surface area contributed by atoms with Gasteiger partial charge in [0, 0.05) is 98.5 Å². The minimum Gasteiger partial charge on any atom is -0.365 e. The Morgan fingerprint density at radius 2 is 1.22 bits per heavy atom. The third-order valence-corrected chi connectivity index (χ3v) is 11.3. The van der Waals surface area contributed by atoms with Gasteiger partial charge < -0.3 is 29.5 Å². The highest BCUT2D eigenvalue weighted by atomic mass is 35.5. The Hall–Kier alpha value is -4.83. The first-order valence-corrected chi connectivity index (χ1v) is 19.6. The number of nitrogens with one attached hydrogen (secondary N) is 1. The number of nitrogens with zero attached hydrogens (tertiary/aromatic N) is 7. The Morgan fingerprint density at radius 3 is 1.66 bits per heavy atom. The number of halogens is 3. The van der Waals surface area contributed by atoms with Crippen LogP contribution in [0.4, 0.5) is 31.5 Å². The predicted octanol–water partition coefficient (Wildman–Crippen LogP) is 6.56. The first kappa shape index (κ1) is 42.8. The van der Waals surface area contributed by atoms with Crippen molar-refractivity contribution in [1.29, 1.82) is 0 Å². The number of ether oxygens (including phenoxy) is 2. The second-order valence-electron chi connectivity index (χ2n) is 15.7. The normalized spacial score (nSPS) is 27.3. The molecule has 1 N–H and O–H groups in total. The number of hydrogen-bond donors (Lipinski definition) is 1. The van der Waals surface area contributed by atoms with E-state index in [9.17, 15) is 18.4 Å². The largest absolute Gasteiger partial charge is 0.365 e. The van der Waals surface area contributed by atoms with E-state index < -0.39 is 24.6 Å². The number of anilines is 2. The Bertz CT molecular complexity index is 2200. The fourth-order valence-corrected chi connectivity index (χ4v) is 8.58. The number of likely N-dealkylation sites (tertiary alicyclic amines) is 1. The van der Waals surface area contributed by atoms with E-state index in [1.54, 1.807) is 24.5 Å². The smallest absolute Gasteiger partial charge is 0.213 e. The summed E-state index contributed by atoms with van der Waals surface area (Å²) >= 11 is 0. The molecule has 8 rings (SSSR count). The molecule has 2 aromatic heterocycles. The number of morpholine rings is 2. The summed E-state index contributed by atoms with van der Waals surface area (Å²) in [6, 6.07) is 15.0. The number of benzene rings is 2. The van der Waals surface area contributed by atoms with E-state index in [-0.39, 0.29) is 60.9 Å². The number of carbonyl (C=O) groups is 2. The van der Waals surface area contributed by atoms with E-state index in [0.717, 1.165) is 22.1 Å². The van der Waals surface area contributed by atoms with Gasteiger partial charge in [-0.05, 0) is 45.2 Å². The Labute approximate surface area is 343 Å². The average Bonchev–Trinajstić information content (AvgIpc) is 3.77. The van der Waals surface area contributed by atoms with Crippen LogP contribution in [0, 0.1) is 25.0 Å². The quantitative estimate of drug-likeness (QED) is 0.197. The van der Waals surface area contributed by atoms with Gasteiger partial charge in [0.25, 0.3) is 0 Å². The lowest BCUT2D eigenvalue weighted by molar-refractivity contribution is -0.136. The molecular formula is C43H49ClF2N8O4. The van der Waals surface area contributed by atoms with Crippen molar-refractivity contribution in [2.45, 2.75) is 63.4 Å². The SMILES string of the molecule is Cl.[C-]#[N+]c1ccc(N2C[C@@H](C)O[C@@H](C(=O)C[C@H]3CN(C)C[C@H]3F)C2)c2cccnc12.[C-]#[N+]c1ccc(N2C[C@@H](C)O[C@@H](C(=O)C[C@H]3CNC[C@H]3F)C2)c2cccnc12. The molecule has 4 aliphatic rings. The van der Waals surface area contributed by atoms with Gasteiger partial charge in [-0.1, -0.05) is 24.3 Å². The summed E-state index contributed by atoms with van der Waals surface area (Å²) in [4.78, 5) is 47.7. The van der Waals surface area contributed by atoms with Crippen LogP contribution < -0.4 is 15.1 Å². The van der Waals surface area contributed by atoms with Crippen molar-refractivity contribution in [1.82, 2.24) is 20.2 Å². The van der Waals surface area contributed by atoms with Crippen molar-refractivity contribution in [3.05, 3.63) is 83.8 Å². The zero-order valence-electron chi connectivity index (χ0n) is 32.9. The standard InChI is InChI=1S/C22H25FN4O2.C21H23FN4O2.ClH/c1-14-10-27(19-7-6-18(24-2)22-16(19)5-4-8-25-22)13-21(29-14)20(28)9-15-11-26(3)12-17(15)23;1-13-11-26(12-20(28-13)19(27)8-14-9-24-10-16(14)22)18-6-5-17(23-2)21-15(18)4-3-7-25-21;/h4-8,14-15,17,21H,9-13H2,1,3H3;3-7,13-14,16,20,24H,8-12H2,1H3;1H/t14-,15+,17-,21-;13-,14+,16-,20-;/m11./s1. The maximum atomic E-state index is 14.2. The highest BCUT2D eigenvalue weighted by molar-refractivity contribution is 6.01. The van der Waals surface area contributed by atoms with Gasteiger partial charge in [-0.25, -0.2) is 18.5 Å². The van der Waals surface area contributed by atoms with Crippen LogP contribution in [0.3, 0.4) is 0 Å². The maximum Gasteiger partial charge on any atom is 0.213 e. The highest BCUT2D eigenvalue weighted by Crippen LogP contribution is 2.36. The van der Waals surface area contributed by atoms with Crippen molar-refractivity contribution in [2.24, 2.45) is 11.8 Å². The molecule has 0 saturated carbocycles. The van der Waals surface area contributed by atoms with Crippen LogP contribution in [0.15, 0.2) is 60.9 Å². The van der Waals surface area contributed by atoms with Gasteiger partial charge >= 0.3 is 0 Å². The minimum absolute atomic E-state index is 0.